The largest absolute Gasteiger partial charge is 0.338 e. The summed E-state index contributed by atoms with van der Waals surface area (Å²) in [4.78, 5) is 26.5. The molecule has 3 rings (SSSR count). The van der Waals surface area contributed by atoms with Gasteiger partial charge in [-0.15, -0.1) is 10.2 Å². The molecule has 1 aliphatic rings. The van der Waals surface area contributed by atoms with Crippen LogP contribution in [-0.2, 0) is 16.1 Å². The summed E-state index contributed by atoms with van der Waals surface area (Å²) in [6.07, 6.45) is 2.26. The Morgan fingerprint density at radius 2 is 2.00 bits per heavy atom. The first-order chi connectivity index (χ1) is 12.6. The second kappa shape index (κ2) is 8.40. The van der Waals surface area contributed by atoms with Crippen LogP contribution in [0.15, 0.2) is 30.3 Å². The molecule has 1 aromatic heterocycles. The second-order valence-corrected chi connectivity index (χ2v) is 7.62. The van der Waals surface area contributed by atoms with Crippen LogP contribution in [0.3, 0.4) is 0 Å². The van der Waals surface area contributed by atoms with E-state index < -0.39 is 0 Å². The van der Waals surface area contributed by atoms with Gasteiger partial charge in [-0.1, -0.05) is 55.5 Å². The molecule has 1 saturated heterocycles. The molecule has 6 nitrogen and oxygen atoms in total. The van der Waals surface area contributed by atoms with Gasteiger partial charge in [0.2, 0.25) is 16.9 Å². The van der Waals surface area contributed by atoms with E-state index in [1.807, 2.05) is 30.3 Å². The fourth-order valence-electron chi connectivity index (χ4n) is 3.20. The fraction of sp³-hybridized carbons (Fsp3) is 0.474. The van der Waals surface area contributed by atoms with Crippen molar-refractivity contribution < 1.29 is 9.59 Å². The normalized spacial score (nSPS) is 17.1. The standard InChI is InChI=1S/C19H24N4O2S/c1-3-14(4-2)18-21-22-19(26-18)20-17(25)15-10-16(24)23(12-15)11-13-8-6-5-7-9-13/h5-9,14-15H,3-4,10-12H2,1-2H3,(H,20,22,25). The molecule has 2 heterocycles. The summed E-state index contributed by atoms with van der Waals surface area (Å²) in [5, 5.41) is 12.6. The summed E-state index contributed by atoms with van der Waals surface area (Å²) < 4.78 is 0. The SMILES string of the molecule is CCC(CC)c1nnc(NC(=O)C2CC(=O)N(Cc3ccccc3)C2)s1. The number of hydrogen-bond acceptors (Lipinski definition) is 5. The number of anilines is 1. The van der Waals surface area contributed by atoms with Crippen LogP contribution < -0.4 is 5.32 Å². The summed E-state index contributed by atoms with van der Waals surface area (Å²) in [6.45, 7) is 5.23. The molecule has 7 heteroatoms. The average molecular weight is 372 g/mol. The molecule has 1 atom stereocenters. The van der Waals surface area contributed by atoms with Gasteiger partial charge in [-0.3, -0.25) is 9.59 Å². The summed E-state index contributed by atoms with van der Waals surface area (Å²) in [5.41, 5.74) is 1.07. The van der Waals surface area contributed by atoms with Crippen molar-refractivity contribution in [2.45, 2.75) is 45.6 Å². The molecule has 26 heavy (non-hydrogen) atoms. The molecule has 0 aliphatic carbocycles. The first-order valence-corrected chi connectivity index (χ1v) is 9.88. The van der Waals surface area contributed by atoms with Crippen LogP contribution in [-0.4, -0.2) is 33.5 Å². The minimum atomic E-state index is -0.341. The second-order valence-electron chi connectivity index (χ2n) is 6.61. The molecule has 1 unspecified atom stereocenters. The molecule has 0 bridgehead atoms. The van der Waals surface area contributed by atoms with Crippen molar-refractivity contribution in [3.8, 4) is 0 Å². The zero-order valence-electron chi connectivity index (χ0n) is 15.1. The van der Waals surface area contributed by atoms with Crippen molar-refractivity contribution in [3.05, 3.63) is 40.9 Å². The van der Waals surface area contributed by atoms with E-state index in [1.54, 1.807) is 4.90 Å². The lowest BCUT2D eigenvalue weighted by Gasteiger charge is -2.16. The lowest BCUT2D eigenvalue weighted by molar-refractivity contribution is -0.128. The van der Waals surface area contributed by atoms with E-state index in [0.29, 0.717) is 24.1 Å². The van der Waals surface area contributed by atoms with Gasteiger partial charge >= 0.3 is 0 Å². The number of aromatic nitrogens is 2. The number of carbonyl (C=O) groups excluding carboxylic acids is 2. The molecule has 1 aromatic carbocycles. The van der Waals surface area contributed by atoms with Gasteiger partial charge in [0.25, 0.3) is 0 Å². The van der Waals surface area contributed by atoms with Gasteiger partial charge in [0, 0.05) is 25.4 Å². The maximum absolute atomic E-state index is 12.5. The maximum atomic E-state index is 12.5. The number of benzene rings is 1. The minimum Gasteiger partial charge on any atom is -0.338 e. The molecular formula is C19H24N4O2S. The van der Waals surface area contributed by atoms with Crippen molar-refractivity contribution in [2.24, 2.45) is 5.92 Å². The summed E-state index contributed by atoms with van der Waals surface area (Å²) in [5.74, 6) is -0.0931. The third kappa shape index (κ3) is 4.27. The first-order valence-electron chi connectivity index (χ1n) is 9.06. The smallest absolute Gasteiger partial charge is 0.231 e. The maximum Gasteiger partial charge on any atom is 0.231 e. The third-order valence-corrected chi connectivity index (χ3v) is 5.81. The lowest BCUT2D eigenvalue weighted by atomic mass is 10.1. The molecule has 1 fully saturated rings. The Kier molecular flexibility index (Phi) is 5.98. The number of likely N-dealkylation sites (tertiary alicyclic amines) is 1. The average Bonchev–Trinajstić information content (AvgIpc) is 3.24. The van der Waals surface area contributed by atoms with E-state index in [1.165, 1.54) is 11.3 Å². The summed E-state index contributed by atoms with van der Waals surface area (Å²) >= 11 is 1.43. The highest BCUT2D eigenvalue weighted by Gasteiger charge is 2.34. The molecule has 0 spiro atoms. The minimum absolute atomic E-state index is 0.0176. The van der Waals surface area contributed by atoms with E-state index >= 15 is 0 Å². The van der Waals surface area contributed by atoms with Crippen LogP contribution in [0.4, 0.5) is 5.13 Å². The Morgan fingerprint density at radius 1 is 1.27 bits per heavy atom. The van der Waals surface area contributed by atoms with Crippen LogP contribution in [0, 0.1) is 5.92 Å². The molecule has 138 valence electrons. The molecular weight excluding hydrogens is 348 g/mol. The van der Waals surface area contributed by atoms with Crippen molar-refractivity contribution in [2.75, 3.05) is 11.9 Å². The predicted octanol–water partition coefficient (Wildman–Crippen LogP) is 3.43. The quantitative estimate of drug-likeness (QED) is 0.808. The van der Waals surface area contributed by atoms with E-state index in [2.05, 4.69) is 29.4 Å². The molecule has 0 saturated carbocycles. The van der Waals surface area contributed by atoms with Crippen LogP contribution in [0.1, 0.15) is 49.6 Å². The fourth-order valence-corrected chi connectivity index (χ4v) is 4.21. The lowest BCUT2D eigenvalue weighted by Crippen LogP contribution is -2.28. The van der Waals surface area contributed by atoms with Gasteiger partial charge in [0.05, 0.1) is 5.92 Å². The monoisotopic (exact) mass is 372 g/mol. The van der Waals surface area contributed by atoms with Crippen molar-refractivity contribution in [1.29, 1.82) is 0 Å². The van der Waals surface area contributed by atoms with Crippen LogP contribution in [0.5, 0.6) is 0 Å². The molecule has 1 aliphatic heterocycles. The van der Waals surface area contributed by atoms with Crippen LogP contribution in [0.2, 0.25) is 0 Å². The van der Waals surface area contributed by atoms with Gasteiger partial charge < -0.3 is 10.2 Å². The molecule has 1 N–H and O–H groups in total. The van der Waals surface area contributed by atoms with Crippen LogP contribution >= 0.6 is 11.3 Å². The highest BCUT2D eigenvalue weighted by Crippen LogP contribution is 2.29. The Labute approximate surface area is 157 Å². The van der Waals surface area contributed by atoms with E-state index in [4.69, 9.17) is 0 Å². The molecule has 0 radical (unpaired) electrons. The Hall–Kier alpha value is -2.28. The Morgan fingerprint density at radius 3 is 2.69 bits per heavy atom. The summed E-state index contributed by atoms with van der Waals surface area (Å²) in [6, 6.07) is 9.83. The van der Waals surface area contributed by atoms with Crippen molar-refractivity contribution >= 4 is 28.3 Å². The highest BCUT2D eigenvalue weighted by atomic mass is 32.1. The van der Waals surface area contributed by atoms with E-state index in [9.17, 15) is 9.59 Å². The number of nitrogens with zero attached hydrogens (tertiary/aromatic N) is 3. The first kappa shape index (κ1) is 18.5. The van der Waals surface area contributed by atoms with E-state index in [0.717, 1.165) is 23.4 Å². The Balaban J connectivity index is 1.58. The van der Waals surface area contributed by atoms with E-state index in [-0.39, 0.29) is 24.2 Å². The third-order valence-electron chi connectivity index (χ3n) is 4.81. The highest BCUT2D eigenvalue weighted by molar-refractivity contribution is 7.15. The van der Waals surface area contributed by atoms with Gasteiger partial charge in [-0.2, -0.15) is 0 Å². The zero-order valence-corrected chi connectivity index (χ0v) is 16.0. The number of carbonyl (C=O) groups is 2. The number of hydrogen-bond donors (Lipinski definition) is 1. The number of rotatable bonds is 7. The van der Waals surface area contributed by atoms with Crippen molar-refractivity contribution in [1.82, 2.24) is 15.1 Å². The van der Waals surface area contributed by atoms with Gasteiger partial charge in [0.15, 0.2) is 0 Å². The van der Waals surface area contributed by atoms with Gasteiger partial charge in [0.1, 0.15) is 5.01 Å². The summed E-state index contributed by atoms with van der Waals surface area (Å²) in [7, 11) is 0. The topological polar surface area (TPSA) is 75.2 Å². The number of nitrogens with one attached hydrogen (secondary N) is 1. The van der Waals surface area contributed by atoms with Crippen molar-refractivity contribution in [3.63, 3.8) is 0 Å². The molecule has 2 amide bonds. The Bertz CT molecular complexity index is 758. The number of amides is 2. The van der Waals surface area contributed by atoms with Gasteiger partial charge in [-0.25, -0.2) is 0 Å². The predicted molar refractivity (Wildman–Crippen MR) is 102 cm³/mol. The zero-order chi connectivity index (χ0) is 18.5. The van der Waals surface area contributed by atoms with Gasteiger partial charge in [-0.05, 0) is 18.4 Å². The molecule has 2 aromatic rings. The van der Waals surface area contributed by atoms with Crippen LogP contribution in [0.25, 0.3) is 0 Å².